The van der Waals surface area contributed by atoms with Gasteiger partial charge in [-0.15, -0.1) is 0 Å². The molecule has 24 heavy (non-hydrogen) atoms. The van der Waals surface area contributed by atoms with E-state index in [1.165, 1.54) is 0 Å². The summed E-state index contributed by atoms with van der Waals surface area (Å²) in [6, 6.07) is 10.6. The summed E-state index contributed by atoms with van der Waals surface area (Å²) in [7, 11) is 1.60. The molecule has 0 aromatic heterocycles. The van der Waals surface area contributed by atoms with E-state index in [1.807, 2.05) is 43.3 Å². The minimum absolute atomic E-state index is 0.139. The van der Waals surface area contributed by atoms with Gasteiger partial charge in [0.15, 0.2) is 0 Å². The zero-order chi connectivity index (χ0) is 17.5. The average molecular weight is 329 g/mol. The Bertz CT molecular complexity index is 726. The van der Waals surface area contributed by atoms with Crippen molar-refractivity contribution < 1.29 is 19.4 Å². The second-order valence-electron chi connectivity index (χ2n) is 5.78. The predicted molar refractivity (Wildman–Crippen MR) is 93.3 cm³/mol. The average Bonchev–Trinajstić information content (AvgIpc) is 2.58. The van der Waals surface area contributed by atoms with Gasteiger partial charge in [0.2, 0.25) is 5.91 Å². The van der Waals surface area contributed by atoms with Crippen LogP contribution in [0.15, 0.2) is 36.4 Å². The molecule has 0 saturated heterocycles. The van der Waals surface area contributed by atoms with E-state index in [9.17, 15) is 14.7 Å². The Morgan fingerprint density at radius 3 is 2.71 bits per heavy atom. The molecule has 0 spiro atoms. The Morgan fingerprint density at radius 2 is 2.04 bits per heavy atom. The lowest BCUT2D eigenvalue weighted by Crippen LogP contribution is -2.41. The first-order valence-electron chi connectivity index (χ1n) is 8.13. The molecule has 2 aromatic carbocycles. The van der Waals surface area contributed by atoms with Gasteiger partial charge in [-0.3, -0.25) is 4.79 Å². The van der Waals surface area contributed by atoms with Crippen LogP contribution < -0.4 is 10.1 Å². The van der Waals surface area contributed by atoms with Crippen molar-refractivity contribution in [2.24, 2.45) is 0 Å². The van der Waals surface area contributed by atoms with Gasteiger partial charge in [0.25, 0.3) is 0 Å². The second-order valence-corrected chi connectivity index (χ2v) is 5.78. The minimum atomic E-state index is -0.989. The molecule has 5 nitrogen and oxygen atoms in total. The van der Waals surface area contributed by atoms with Crippen LogP contribution in [0.1, 0.15) is 31.7 Å². The monoisotopic (exact) mass is 329 g/mol. The fourth-order valence-electron chi connectivity index (χ4n) is 2.68. The zero-order valence-corrected chi connectivity index (χ0v) is 14.0. The maximum atomic E-state index is 12.3. The van der Waals surface area contributed by atoms with Gasteiger partial charge in [-0.25, -0.2) is 4.79 Å². The van der Waals surface area contributed by atoms with Crippen molar-refractivity contribution in [1.29, 1.82) is 0 Å². The summed E-state index contributed by atoms with van der Waals surface area (Å²) in [5.74, 6) is -0.549. The number of carboxylic acid groups (broad SMARTS) is 1. The highest BCUT2D eigenvalue weighted by Crippen LogP contribution is 2.24. The first-order valence-corrected chi connectivity index (χ1v) is 8.13. The minimum Gasteiger partial charge on any atom is -0.497 e. The van der Waals surface area contributed by atoms with Crippen LogP contribution in [0, 0.1) is 0 Å². The molecule has 1 amide bonds. The summed E-state index contributed by atoms with van der Waals surface area (Å²) in [5, 5.41) is 13.8. The maximum Gasteiger partial charge on any atom is 0.326 e. The van der Waals surface area contributed by atoms with E-state index in [0.717, 1.165) is 34.9 Å². The first-order chi connectivity index (χ1) is 11.5. The van der Waals surface area contributed by atoms with Crippen molar-refractivity contribution in [1.82, 2.24) is 5.32 Å². The van der Waals surface area contributed by atoms with Crippen molar-refractivity contribution in [3.8, 4) is 5.75 Å². The lowest BCUT2D eigenvalue weighted by atomic mass is 10.0. The number of hydrogen-bond donors (Lipinski definition) is 2. The van der Waals surface area contributed by atoms with Crippen molar-refractivity contribution in [3.05, 3.63) is 42.0 Å². The predicted octanol–water partition coefficient (Wildman–Crippen LogP) is 3.15. The van der Waals surface area contributed by atoms with Crippen LogP contribution in [0.4, 0.5) is 0 Å². The topological polar surface area (TPSA) is 75.6 Å². The molecule has 0 aliphatic heterocycles. The fraction of sp³-hybridized carbons (Fsp3) is 0.368. The second kappa shape index (κ2) is 8.34. The van der Waals surface area contributed by atoms with Gasteiger partial charge >= 0.3 is 5.97 Å². The number of aliphatic carboxylic acids is 1. The molecule has 2 rings (SSSR count). The highest BCUT2D eigenvalue weighted by molar-refractivity contribution is 5.92. The van der Waals surface area contributed by atoms with E-state index >= 15 is 0 Å². The molecule has 0 radical (unpaired) electrons. The number of amides is 1. The summed E-state index contributed by atoms with van der Waals surface area (Å²) in [6.45, 7) is 1.99. The summed E-state index contributed by atoms with van der Waals surface area (Å²) in [5.41, 5.74) is 0.850. The third kappa shape index (κ3) is 4.47. The summed E-state index contributed by atoms with van der Waals surface area (Å²) in [6.07, 6.45) is 2.24. The van der Waals surface area contributed by atoms with E-state index in [0.29, 0.717) is 6.42 Å². The number of rotatable bonds is 8. The Balaban J connectivity index is 2.16. The van der Waals surface area contributed by atoms with Crippen molar-refractivity contribution in [2.45, 2.75) is 38.6 Å². The van der Waals surface area contributed by atoms with Crippen LogP contribution >= 0.6 is 0 Å². The van der Waals surface area contributed by atoms with Gasteiger partial charge < -0.3 is 15.2 Å². The number of carboxylic acids is 1. The number of unbranched alkanes of at least 4 members (excludes halogenated alkanes) is 1. The third-order valence-corrected chi connectivity index (χ3v) is 4.01. The van der Waals surface area contributed by atoms with Gasteiger partial charge in [-0.2, -0.15) is 0 Å². The Morgan fingerprint density at radius 1 is 1.25 bits per heavy atom. The number of ether oxygens (including phenoxy) is 1. The molecule has 0 unspecified atom stereocenters. The molecule has 0 heterocycles. The number of hydrogen-bond acceptors (Lipinski definition) is 3. The van der Waals surface area contributed by atoms with Gasteiger partial charge in [0.05, 0.1) is 13.5 Å². The molecule has 0 fully saturated rings. The molecule has 0 aliphatic carbocycles. The molecule has 1 atom stereocenters. The normalized spacial score (nSPS) is 11.9. The Hall–Kier alpha value is -2.56. The SMILES string of the molecule is CCCC[C@H](NC(=O)Cc1cccc2ccc(OC)cc12)C(=O)O. The molecule has 2 N–H and O–H groups in total. The molecule has 0 aliphatic rings. The Kier molecular flexibility index (Phi) is 6.18. The number of fused-ring (bicyclic) bond motifs is 1. The quantitative estimate of drug-likeness (QED) is 0.780. The van der Waals surface area contributed by atoms with Crippen molar-refractivity contribution >= 4 is 22.6 Å². The van der Waals surface area contributed by atoms with Crippen LogP contribution in [-0.2, 0) is 16.0 Å². The fourth-order valence-corrected chi connectivity index (χ4v) is 2.68. The molecule has 128 valence electrons. The van der Waals surface area contributed by atoms with E-state index in [-0.39, 0.29) is 12.3 Å². The van der Waals surface area contributed by atoms with Gasteiger partial charge in [-0.1, -0.05) is 44.0 Å². The van der Waals surface area contributed by atoms with Crippen LogP contribution in [0.2, 0.25) is 0 Å². The molecule has 0 saturated carbocycles. The summed E-state index contributed by atoms with van der Waals surface area (Å²) >= 11 is 0. The number of carbonyl (C=O) groups is 2. The summed E-state index contributed by atoms with van der Waals surface area (Å²) < 4.78 is 5.24. The number of methoxy groups -OCH3 is 1. The standard InChI is InChI=1S/C19H23NO4/c1-3-4-8-17(19(22)23)20-18(21)11-14-7-5-6-13-9-10-15(24-2)12-16(13)14/h5-7,9-10,12,17H,3-4,8,11H2,1-2H3,(H,20,21)(H,22,23)/t17-/m0/s1. The van der Waals surface area contributed by atoms with E-state index in [4.69, 9.17) is 4.74 Å². The maximum absolute atomic E-state index is 12.3. The molecule has 0 bridgehead atoms. The van der Waals surface area contributed by atoms with Gasteiger partial charge in [0.1, 0.15) is 11.8 Å². The van der Waals surface area contributed by atoms with E-state index in [1.54, 1.807) is 7.11 Å². The highest BCUT2D eigenvalue weighted by Gasteiger charge is 2.19. The number of benzene rings is 2. The largest absolute Gasteiger partial charge is 0.497 e. The molecular weight excluding hydrogens is 306 g/mol. The molecule has 2 aromatic rings. The Labute approximate surface area is 141 Å². The van der Waals surface area contributed by atoms with Crippen LogP contribution in [0.5, 0.6) is 5.75 Å². The molecular formula is C19H23NO4. The number of carbonyl (C=O) groups excluding carboxylic acids is 1. The smallest absolute Gasteiger partial charge is 0.326 e. The van der Waals surface area contributed by atoms with Gasteiger partial charge in [-0.05, 0) is 34.9 Å². The van der Waals surface area contributed by atoms with Crippen molar-refractivity contribution in [3.63, 3.8) is 0 Å². The first kappa shape index (κ1) is 17.8. The number of nitrogens with one attached hydrogen (secondary N) is 1. The van der Waals surface area contributed by atoms with Crippen LogP contribution in [0.25, 0.3) is 10.8 Å². The third-order valence-electron chi connectivity index (χ3n) is 4.01. The lowest BCUT2D eigenvalue weighted by molar-refractivity contribution is -0.141. The van der Waals surface area contributed by atoms with Crippen LogP contribution in [-0.4, -0.2) is 30.1 Å². The van der Waals surface area contributed by atoms with E-state index in [2.05, 4.69) is 5.32 Å². The lowest BCUT2D eigenvalue weighted by Gasteiger charge is -2.15. The van der Waals surface area contributed by atoms with Crippen LogP contribution in [0.3, 0.4) is 0 Å². The van der Waals surface area contributed by atoms with Gasteiger partial charge in [0, 0.05) is 0 Å². The zero-order valence-electron chi connectivity index (χ0n) is 14.0. The molecule has 5 heteroatoms. The van der Waals surface area contributed by atoms with Crippen molar-refractivity contribution in [2.75, 3.05) is 7.11 Å². The highest BCUT2D eigenvalue weighted by atomic mass is 16.5. The van der Waals surface area contributed by atoms with E-state index < -0.39 is 12.0 Å². The summed E-state index contributed by atoms with van der Waals surface area (Å²) in [4.78, 5) is 23.5.